The average molecular weight is 299 g/mol. The topological polar surface area (TPSA) is 12.4 Å². The highest BCUT2D eigenvalue weighted by atomic mass is 32.9. The summed E-state index contributed by atoms with van der Waals surface area (Å²) in [5.74, 6) is 0. The van der Waals surface area contributed by atoms with Gasteiger partial charge < -0.3 is 0 Å². The standard InChI is InChI=1S/C10H5NS5/c12-10-8-7(13-16-10)9(15-14-8)11-6-4-2-1-3-5-6/h1-5H. The molecule has 1 nitrogen and oxygen atoms in total. The van der Waals surface area contributed by atoms with Gasteiger partial charge in [0.25, 0.3) is 0 Å². The Hall–Kier alpha value is -0.400. The van der Waals surface area contributed by atoms with Crippen LogP contribution in [-0.2, 0) is 0 Å². The highest BCUT2D eigenvalue weighted by Gasteiger charge is 2.04. The summed E-state index contributed by atoms with van der Waals surface area (Å²) in [5, 5.41) is 0. The molecule has 3 aromatic rings. The van der Waals surface area contributed by atoms with Gasteiger partial charge in [0.15, 0.2) is 0 Å². The van der Waals surface area contributed by atoms with Gasteiger partial charge in [-0.2, -0.15) is 0 Å². The maximum Gasteiger partial charge on any atom is 0.146 e. The summed E-state index contributed by atoms with van der Waals surface area (Å²) in [6.07, 6.45) is 0. The zero-order valence-corrected chi connectivity index (χ0v) is 12.0. The minimum absolute atomic E-state index is 0.996. The zero-order valence-electron chi connectivity index (χ0n) is 7.88. The van der Waals surface area contributed by atoms with Gasteiger partial charge in [-0.3, -0.25) is 0 Å². The van der Waals surface area contributed by atoms with E-state index < -0.39 is 0 Å². The minimum Gasteiger partial charge on any atom is -0.236 e. The van der Waals surface area contributed by atoms with Crippen LogP contribution in [0.25, 0.3) is 9.40 Å². The molecule has 2 heterocycles. The molecule has 0 aliphatic rings. The Morgan fingerprint density at radius 3 is 2.44 bits per heavy atom. The van der Waals surface area contributed by atoms with Crippen LogP contribution in [0.2, 0.25) is 0 Å². The lowest BCUT2D eigenvalue weighted by Gasteiger charge is -1.88. The summed E-state index contributed by atoms with van der Waals surface area (Å²) >= 11 is 5.27. The SMILES string of the molecule is S=c1ssc2c(=Nc3ccccc3)ssc12. The molecular weight excluding hydrogens is 294 g/mol. The van der Waals surface area contributed by atoms with Crippen molar-refractivity contribution >= 4 is 68.7 Å². The maximum atomic E-state index is 5.27. The third-order valence-electron chi connectivity index (χ3n) is 1.98. The monoisotopic (exact) mass is 299 g/mol. The largest absolute Gasteiger partial charge is 0.236 e. The Balaban J connectivity index is 2.27. The van der Waals surface area contributed by atoms with Gasteiger partial charge in [-0.05, 0) is 12.1 Å². The summed E-state index contributed by atoms with van der Waals surface area (Å²) in [6, 6.07) is 10.0. The van der Waals surface area contributed by atoms with Gasteiger partial charge in [0.05, 0.1) is 15.1 Å². The summed E-state index contributed by atoms with van der Waals surface area (Å²) < 4.78 is 4.55. The van der Waals surface area contributed by atoms with Crippen LogP contribution in [0.1, 0.15) is 0 Å². The minimum atomic E-state index is 0.996. The highest BCUT2D eigenvalue weighted by molar-refractivity contribution is 7.84. The summed E-state index contributed by atoms with van der Waals surface area (Å²) in [7, 11) is 6.83. The van der Waals surface area contributed by atoms with E-state index in [1.54, 1.807) is 41.4 Å². The molecule has 80 valence electrons. The fraction of sp³-hybridized carbons (Fsp3) is 0. The molecule has 16 heavy (non-hydrogen) atoms. The number of fused-ring (bicyclic) bond motifs is 1. The third kappa shape index (κ3) is 1.91. The molecule has 0 spiro atoms. The first-order valence-corrected chi connectivity index (χ1v) is 9.17. The van der Waals surface area contributed by atoms with Gasteiger partial charge in [-0.1, -0.05) is 71.8 Å². The Kier molecular flexibility index (Phi) is 2.99. The van der Waals surface area contributed by atoms with Gasteiger partial charge in [-0.15, -0.1) is 0 Å². The highest BCUT2D eigenvalue weighted by Crippen LogP contribution is 2.31. The van der Waals surface area contributed by atoms with Crippen molar-refractivity contribution in [2.75, 3.05) is 0 Å². The van der Waals surface area contributed by atoms with E-state index in [4.69, 9.17) is 12.2 Å². The van der Waals surface area contributed by atoms with E-state index >= 15 is 0 Å². The molecule has 0 amide bonds. The maximum absolute atomic E-state index is 5.27. The van der Waals surface area contributed by atoms with Crippen molar-refractivity contribution in [2.24, 2.45) is 4.99 Å². The second-order valence-corrected chi connectivity index (χ2v) is 7.98. The van der Waals surface area contributed by atoms with Crippen molar-refractivity contribution in [3.8, 4) is 0 Å². The van der Waals surface area contributed by atoms with Crippen molar-refractivity contribution in [3.63, 3.8) is 0 Å². The average Bonchev–Trinajstić information content (AvgIpc) is 2.86. The van der Waals surface area contributed by atoms with E-state index in [2.05, 4.69) is 4.99 Å². The molecule has 1 aromatic carbocycles. The number of hydrogen-bond acceptors (Lipinski definition) is 6. The molecule has 0 fully saturated rings. The predicted molar refractivity (Wildman–Crippen MR) is 78.0 cm³/mol. The first-order valence-electron chi connectivity index (χ1n) is 4.46. The predicted octanol–water partition coefficient (Wildman–Crippen LogP) is 5.05. The Morgan fingerprint density at radius 1 is 0.875 bits per heavy atom. The molecule has 0 N–H and O–H groups in total. The lowest BCUT2D eigenvalue weighted by Crippen LogP contribution is -1.88. The molecule has 0 radical (unpaired) electrons. The van der Waals surface area contributed by atoms with E-state index in [0.717, 1.165) is 14.2 Å². The molecule has 0 aliphatic carbocycles. The van der Waals surface area contributed by atoms with Crippen LogP contribution in [0.5, 0.6) is 0 Å². The van der Waals surface area contributed by atoms with E-state index in [1.807, 2.05) is 30.3 Å². The van der Waals surface area contributed by atoms with Crippen LogP contribution in [0.3, 0.4) is 0 Å². The smallest absolute Gasteiger partial charge is 0.146 e. The van der Waals surface area contributed by atoms with E-state index in [-0.39, 0.29) is 0 Å². The molecule has 0 atom stereocenters. The van der Waals surface area contributed by atoms with Crippen molar-refractivity contribution in [2.45, 2.75) is 0 Å². The van der Waals surface area contributed by atoms with Crippen LogP contribution in [0.4, 0.5) is 5.69 Å². The Bertz CT molecular complexity index is 727. The fourth-order valence-electron chi connectivity index (χ4n) is 1.26. The quantitative estimate of drug-likeness (QED) is 0.452. The Labute approximate surface area is 112 Å². The normalized spacial score (nSPS) is 12.4. The molecule has 3 rings (SSSR count). The summed E-state index contributed by atoms with van der Waals surface area (Å²) in [4.78, 5) is 4.64. The summed E-state index contributed by atoms with van der Waals surface area (Å²) in [6.45, 7) is 0. The fourth-order valence-corrected chi connectivity index (χ4v) is 7.76. The van der Waals surface area contributed by atoms with Crippen molar-refractivity contribution in [1.82, 2.24) is 0 Å². The summed E-state index contributed by atoms with van der Waals surface area (Å²) in [5.41, 5.74) is 1.00. The van der Waals surface area contributed by atoms with Gasteiger partial charge in [-0.25, -0.2) is 4.99 Å². The first kappa shape index (κ1) is 10.7. The molecule has 2 aromatic heterocycles. The van der Waals surface area contributed by atoms with Gasteiger partial charge in [0.2, 0.25) is 0 Å². The van der Waals surface area contributed by atoms with Crippen LogP contribution in [-0.4, -0.2) is 0 Å². The van der Waals surface area contributed by atoms with E-state index in [0.29, 0.717) is 0 Å². The molecule has 0 unspecified atom stereocenters. The molecular formula is C10H5NS5. The molecule has 0 saturated heterocycles. The first-order chi connectivity index (χ1) is 7.84. The Morgan fingerprint density at radius 2 is 1.62 bits per heavy atom. The van der Waals surface area contributed by atoms with E-state index in [1.165, 1.54) is 9.40 Å². The van der Waals surface area contributed by atoms with E-state index in [9.17, 15) is 0 Å². The van der Waals surface area contributed by atoms with Crippen LogP contribution < -0.4 is 4.67 Å². The van der Waals surface area contributed by atoms with Crippen molar-refractivity contribution in [1.29, 1.82) is 0 Å². The van der Waals surface area contributed by atoms with Crippen LogP contribution in [0, 0.1) is 3.82 Å². The molecule has 0 aliphatic heterocycles. The number of nitrogens with zero attached hydrogens (tertiary/aromatic N) is 1. The molecule has 6 heteroatoms. The lowest BCUT2D eigenvalue weighted by atomic mass is 10.3. The lowest BCUT2D eigenvalue weighted by molar-refractivity contribution is 1.44. The second kappa shape index (κ2) is 4.46. The number of rotatable bonds is 1. The van der Waals surface area contributed by atoms with Crippen molar-refractivity contribution in [3.05, 3.63) is 38.8 Å². The van der Waals surface area contributed by atoms with Crippen LogP contribution in [0.15, 0.2) is 35.3 Å². The zero-order chi connectivity index (χ0) is 11.0. The number of hydrogen-bond donors (Lipinski definition) is 0. The number of para-hydroxylation sites is 1. The van der Waals surface area contributed by atoms with Gasteiger partial charge in [0, 0.05) is 0 Å². The second-order valence-electron chi connectivity index (χ2n) is 3.03. The molecule has 0 bridgehead atoms. The van der Waals surface area contributed by atoms with Gasteiger partial charge >= 0.3 is 0 Å². The molecule has 0 saturated carbocycles. The number of benzene rings is 1. The van der Waals surface area contributed by atoms with Gasteiger partial charge in [0.1, 0.15) is 8.49 Å². The van der Waals surface area contributed by atoms with Crippen LogP contribution >= 0.6 is 53.6 Å². The van der Waals surface area contributed by atoms with Crippen molar-refractivity contribution < 1.29 is 0 Å². The third-order valence-corrected chi connectivity index (χ3v) is 7.85.